The van der Waals surface area contributed by atoms with Gasteiger partial charge in [-0.25, -0.2) is 0 Å². The number of carbonyl (C=O) groups is 1. The molecule has 1 saturated carbocycles. The van der Waals surface area contributed by atoms with Crippen molar-refractivity contribution in [2.24, 2.45) is 11.8 Å². The highest BCUT2D eigenvalue weighted by molar-refractivity contribution is 5.79. The van der Waals surface area contributed by atoms with Crippen LogP contribution < -0.4 is 10.6 Å². The van der Waals surface area contributed by atoms with Crippen molar-refractivity contribution < 1.29 is 4.79 Å². The number of carbonyl (C=O) groups excluding carboxylic acids is 1. The maximum atomic E-state index is 11.8. The van der Waals surface area contributed by atoms with Crippen molar-refractivity contribution in [3.63, 3.8) is 0 Å². The Hall–Kier alpha value is -0.570. The van der Waals surface area contributed by atoms with Gasteiger partial charge in [0.25, 0.3) is 0 Å². The molecule has 15 heavy (non-hydrogen) atoms. The van der Waals surface area contributed by atoms with Gasteiger partial charge in [0.1, 0.15) is 0 Å². The van der Waals surface area contributed by atoms with E-state index in [0.29, 0.717) is 6.04 Å². The van der Waals surface area contributed by atoms with E-state index in [9.17, 15) is 4.79 Å². The van der Waals surface area contributed by atoms with E-state index >= 15 is 0 Å². The van der Waals surface area contributed by atoms with E-state index in [4.69, 9.17) is 0 Å². The molecule has 1 amide bonds. The topological polar surface area (TPSA) is 41.1 Å². The van der Waals surface area contributed by atoms with Crippen LogP contribution in [0.5, 0.6) is 0 Å². The Morgan fingerprint density at radius 3 is 3.07 bits per heavy atom. The summed E-state index contributed by atoms with van der Waals surface area (Å²) in [6, 6.07) is 0.499. The van der Waals surface area contributed by atoms with Gasteiger partial charge in [-0.1, -0.05) is 13.3 Å². The number of amides is 1. The molecule has 1 aliphatic carbocycles. The van der Waals surface area contributed by atoms with E-state index in [1.165, 1.54) is 19.3 Å². The van der Waals surface area contributed by atoms with Crippen LogP contribution in [0.15, 0.2) is 0 Å². The van der Waals surface area contributed by atoms with Crippen LogP contribution in [0.25, 0.3) is 0 Å². The minimum atomic E-state index is 0.224. The SMILES string of the molecule is CCCC1CC1NC(=O)C1CCCNC1. The molecule has 86 valence electrons. The predicted molar refractivity (Wildman–Crippen MR) is 60.5 cm³/mol. The third kappa shape index (κ3) is 2.94. The summed E-state index contributed by atoms with van der Waals surface area (Å²) >= 11 is 0. The zero-order valence-corrected chi connectivity index (χ0v) is 9.59. The lowest BCUT2D eigenvalue weighted by Crippen LogP contribution is -2.41. The summed E-state index contributed by atoms with van der Waals surface area (Å²) in [7, 11) is 0. The van der Waals surface area contributed by atoms with Crippen molar-refractivity contribution in [2.45, 2.75) is 45.1 Å². The first-order valence-electron chi connectivity index (χ1n) is 6.32. The summed E-state index contributed by atoms with van der Waals surface area (Å²) < 4.78 is 0. The summed E-state index contributed by atoms with van der Waals surface area (Å²) in [6.07, 6.45) is 5.92. The fourth-order valence-electron chi connectivity index (χ4n) is 2.49. The number of hydrogen-bond donors (Lipinski definition) is 2. The first-order chi connectivity index (χ1) is 7.31. The quantitative estimate of drug-likeness (QED) is 0.734. The molecular formula is C12H22N2O. The van der Waals surface area contributed by atoms with Crippen LogP contribution in [-0.2, 0) is 4.79 Å². The standard InChI is InChI=1S/C12H22N2O/c1-2-4-9-7-11(9)14-12(15)10-5-3-6-13-8-10/h9-11,13H,2-8H2,1H3,(H,14,15). The molecule has 0 radical (unpaired) electrons. The van der Waals surface area contributed by atoms with Gasteiger partial charge in [0, 0.05) is 12.6 Å². The number of rotatable bonds is 4. The molecule has 3 heteroatoms. The van der Waals surface area contributed by atoms with Gasteiger partial charge in [0.2, 0.25) is 5.91 Å². The maximum Gasteiger partial charge on any atom is 0.224 e. The smallest absolute Gasteiger partial charge is 0.224 e. The van der Waals surface area contributed by atoms with Gasteiger partial charge < -0.3 is 10.6 Å². The summed E-state index contributed by atoms with van der Waals surface area (Å²) in [5.74, 6) is 1.28. The van der Waals surface area contributed by atoms with Crippen molar-refractivity contribution in [1.82, 2.24) is 10.6 Å². The van der Waals surface area contributed by atoms with Crippen LogP contribution >= 0.6 is 0 Å². The van der Waals surface area contributed by atoms with Crippen molar-refractivity contribution in [1.29, 1.82) is 0 Å². The lowest BCUT2D eigenvalue weighted by Gasteiger charge is -2.21. The fraction of sp³-hybridized carbons (Fsp3) is 0.917. The molecule has 2 rings (SSSR count). The van der Waals surface area contributed by atoms with Crippen molar-refractivity contribution >= 4 is 5.91 Å². The van der Waals surface area contributed by atoms with Gasteiger partial charge in [-0.3, -0.25) is 4.79 Å². The van der Waals surface area contributed by atoms with Crippen LogP contribution in [-0.4, -0.2) is 25.0 Å². The van der Waals surface area contributed by atoms with Crippen LogP contribution in [0, 0.1) is 11.8 Å². The summed E-state index contributed by atoms with van der Waals surface area (Å²) in [6.45, 7) is 4.16. The molecule has 3 nitrogen and oxygen atoms in total. The second-order valence-electron chi connectivity index (χ2n) is 4.94. The highest BCUT2D eigenvalue weighted by Crippen LogP contribution is 2.34. The Morgan fingerprint density at radius 1 is 1.53 bits per heavy atom. The van der Waals surface area contributed by atoms with E-state index < -0.39 is 0 Å². The van der Waals surface area contributed by atoms with Gasteiger partial charge >= 0.3 is 0 Å². The van der Waals surface area contributed by atoms with Crippen LogP contribution in [0.4, 0.5) is 0 Å². The molecule has 1 aliphatic heterocycles. The Bertz CT molecular complexity index is 224. The average molecular weight is 210 g/mol. The zero-order chi connectivity index (χ0) is 10.7. The van der Waals surface area contributed by atoms with Crippen molar-refractivity contribution in [2.75, 3.05) is 13.1 Å². The molecule has 2 N–H and O–H groups in total. The molecule has 2 fully saturated rings. The van der Waals surface area contributed by atoms with E-state index in [1.54, 1.807) is 0 Å². The first kappa shape index (κ1) is 10.9. The highest BCUT2D eigenvalue weighted by Gasteiger charge is 2.38. The molecule has 1 saturated heterocycles. The first-order valence-corrected chi connectivity index (χ1v) is 6.32. The maximum absolute atomic E-state index is 11.8. The molecule has 1 heterocycles. The van der Waals surface area contributed by atoms with E-state index in [2.05, 4.69) is 17.6 Å². The molecule has 3 unspecified atom stereocenters. The second kappa shape index (κ2) is 4.97. The summed E-state index contributed by atoms with van der Waals surface area (Å²) in [4.78, 5) is 11.8. The molecule has 2 aliphatic rings. The third-order valence-electron chi connectivity index (χ3n) is 3.58. The van der Waals surface area contributed by atoms with Gasteiger partial charge in [0.15, 0.2) is 0 Å². The predicted octanol–water partition coefficient (Wildman–Crippen LogP) is 1.29. The summed E-state index contributed by atoms with van der Waals surface area (Å²) in [5, 5.41) is 6.46. The second-order valence-corrected chi connectivity index (χ2v) is 4.94. The third-order valence-corrected chi connectivity index (χ3v) is 3.58. The number of nitrogens with one attached hydrogen (secondary N) is 2. The van der Waals surface area contributed by atoms with Gasteiger partial charge in [0.05, 0.1) is 5.92 Å². The molecule has 0 bridgehead atoms. The van der Waals surface area contributed by atoms with Crippen molar-refractivity contribution in [3.8, 4) is 0 Å². The molecule has 0 aromatic heterocycles. The van der Waals surface area contributed by atoms with E-state index in [-0.39, 0.29) is 11.8 Å². The minimum Gasteiger partial charge on any atom is -0.353 e. The molecule has 0 aromatic rings. The largest absolute Gasteiger partial charge is 0.353 e. The normalized spacial score (nSPS) is 34.9. The van der Waals surface area contributed by atoms with Gasteiger partial charge in [-0.05, 0) is 38.1 Å². The zero-order valence-electron chi connectivity index (χ0n) is 9.59. The monoisotopic (exact) mass is 210 g/mol. The van der Waals surface area contributed by atoms with E-state index in [0.717, 1.165) is 31.8 Å². The number of hydrogen-bond acceptors (Lipinski definition) is 2. The Morgan fingerprint density at radius 2 is 2.40 bits per heavy atom. The molecular weight excluding hydrogens is 188 g/mol. The summed E-state index contributed by atoms with van der Waals surface area (Å²) in [5.41, 5.74) is 0. The Balaban J connectivity index is 1.68. The minimum absolute atomic E-state index is 0.224. The average Bonchev–Trinajstić information content (AvgIpc) is 2.98. The highest BCUT2D eigenvalue weighted by atomic mass is 16.2. The van der Waals surface area contributed by atoms with Crippen molar-refractivity contribution in [3.05, 3.63) is 0 Å². The lowest BCUT2D eigenvalue weighted by atomic mass is 9.99. The van der Waals surface area contributed by atoms with Gasteiger partial charge in [-0.15, -0.1) is 0 Å². The Labute approximate surface area is 92.0 Å². The van der Waals surface area contributed by atoms with Crippen LogP contribution in [0.1, 0.15) is 39.0 Å². The van der Waals surface area contributed by atoms with Crippen LogP contribution in [0.2, 0.25) is 0 Å². The molecule has 0 aromatic carbocycles. The lowest BCUT2D eigenvalue weighted by molar-refractivity contribution is -0.125. The molecule has 3 atom stereocenters. The van der Waals surface area contributed by atoms with Gasteiger partial charge in [-0.2, -0.15) is 0 Å². The fourth-order valence-corrected chi connectivity index (χ4v) is 2.49. The Kier molecular flexibility index (Phi) is 3.62. The van der Waals surface area contributed by atoms with E-state index in [1.807, 2.05) is 0 Å². The van der Waals surface area contributed by atoms with Crippen LogP contribution in [0.3, 0.4) is 0 Å². The molecule has 0 spiro atoms. The number of piperidine rings is 1.